The predicted octanol–water partition coefficient (Wildman–Crippen LogP) is -1.38. The second kappa shape index (κ2) is 5.72. The van der Waals surface area contributed by atoms with Crippen molar-refractivity contribution < 1.29 is 64.3 Å². The van der Waals surface area contributed by atoms with Gasteiger partial charge in [0, 0.05) is 18.4 Å². The molecule has 1 aromatic heterocycles. The summed E-state index contributed by atoms with van der Waals surface area (Å²) in [5, 5.41) is 0. The maximum Gasteiger partial charge on any atom is 1.00 e. The zero-order valence-electron chi connectivity index (χ0n) is 8.95. The zero-order chi connectivity index (χ0) is 10.9. The predicted molar refractivity (Wildman–Crippen MR) is 48.2 cm³/mol. The molecule has 0 aromatic carbocycles. The normalized spacial score (nSPS) is 11.6. The van der Waals surface area contributed by atoms with Gasteiger partial charge in [0.1, 0.15) is 0 Å². The van der Waals surface area contributed by atoms with E-state index in [2.05, 4.69) is 0 Å². The van der Waals surface area contributed by atoms with Gasteiger partial charge in [-0.15, -0.1) is 0 Å². The molecule has 0 N–H and O–H groups in total. The molecule has 0 radical (unpaired) electrons. The molecular weight excluding hydrogens is 235 g/mol. The van der Waals surface area contributed by atoms with Crippen LogP contribution in [0.3, 0.4) is 0 Å². The van der Waals surface area contributed by atoms with Gasteiger partial charge in [0.2, 0.25) is 0 Å². The SMILES string of the molecule is CC(C)n1ccn(C[B-](F)(F)F)c1=O.[K+]. The van der Waals surface area contributed by atoms with Gasteiger partial charge >= 0.3 is 64.1 Å². The van der Waals surface area contributed by atoms with Crippen molar-refractivity contribution in [3.63, 3.8) is 0 Å². The molecule has 1 heterocycles. The van der Waals surface area contributed by atoms with Gasteiger partial charge in [0.25, 0.3) is 0 Å². The summed E-state index contributed by atoms with van der Waals surface area (Å²) in [6, 6.07) is -0.121. The van der Waals surface area contributed by atoms with Crippen LogP contribution in [-0.4, -0.2) is 16.1 Å². The number of hydrogen-bond acceptors (Lipinski definition) is 1. The summed E-state index contributed by atoms with van der Waals surface area (Å²) in [6.07, 6.45) is 1.37. The topological polar surface area (TPSA) is 26.9 Å². The molecule has 3 nitrogen and oxygen atoms in total. The third-order valence-corrected chi connectivity index (χ3v) is 1.83. The first-order valence-corrected chi connectivity index (χ1v) is 4.29. The fourth-order valence-electron chi connectivity index (χ4n) is 1.18. The second-order valence-electron chi connectivity index (χ2n) is 3.44. The standard InChI is InChI=1S/C7H11BF3N2O.K/c1-6(2)13-4-3-12(7(13)14)5-8(9,10)11;/h3-4,6H,5H2,1-2H3;/q-1;+1. The number of aromatic nitrogens is 2. The van der Waals surface area contributed by atoms with Crippen LogP contribution in [-0.2, 0) is 6.44 Å². The molecule has 0 unspecified atom stereocenters. The van der Waals surface area contributed by atoms with Gasteiger partial charge in [-0.2, -0.15) is 0 Å². The maximum absolute atomic E-state index is 12.0. The molecule has 0 spiro atoms. The van der Waals surface area contributed by atoms with Crippen LogP contribution in [0.5, 0.6) is 0 Å². The van der Waals surface area contributed by atoms with Gasteiger partial charge < -0.3 is 17.5 Å². The van der Waals surface area contributed by atoms with E-state index in [4.69, 9.17) is 0 Å². The second-order valence-corrected chi connectivity index (χ2v) is 3.44. The Morgan fingerprint density at radius 2 is 1.87 bits per heavy atom. The average Bonchev–Trinajstić information content (AvgIpc) is 2.29. The van der Waals surface area contributed by atoms with Crippen molar-refractivity contribution in [2.24, 2.45) is 0 Å². The van der Waals surface area contributed by atoms with Crippen molar-refractivity contribution in [1.82, 2.24) is 9.13 Å². The van der Waals surface area contributed by atoms with E-state index in [-0.39, 0.29) is 57.4 Å². The van der Waals surface area contributed by atoms with E-state index in [1.54, 1.807) is 13.8 Å². The van der Waals surface area contributed by atoms with Gasteiger partial charge in [0.05, 0.1) is 0 Å². The third kappa shape index (κ3) is 4.48. The maximum atomic E-state index is 12.0. The Hall–Kier alpha value is 0.501. The number of halogens is 3. The smallest absolute Gasteiger partial charge is 0.448 e. The van der Waals surface area contributed by atoms with Gasteiger partial charge in [-0.3, -0.25) is 4.57 Å². The van der Waals surface area contributed by atoms with E-state index < -0.39 is 19.1 Å². The minimum absolute atomic E-state index is 0. The molecule has 0 saturated carbocycles. The van der Waals surface area contributed by atoms with Crippen LogP contribution in [0.2, 0.25) is 0 Å². The van der Waals surface area contributed by atoms with Crippen molar-refractivity contribution in [3.05, 3.63) is 22.9 Å². The van der Waals surface area contributed by atoms with Crippen LogP contribution in [0, 0.1) is 0 Å². The van der Waals surface area contributed by atoms with Crippen molar-refractivity contribution in [1.29, 1.82) is 0 Å². The monoisotopic (exact) mass is 246 g/mol. The van der Waals surface area contributed by atoms with Crippen molar-refractivity contribution >= 4 is 6.98 Å². The van der Waals surface area contributed by atoms with Gasteiger partial charge in [0.15, 0.2) is 0 Å². The number of imidazole rings is 1. The molecule has 0 aliphatic heterocycles. The summed E-state index contributed by atoms with van der Waals surface area (Å²) in [7, 11) is 0. The van der Waals surface area contributed by atoms with Crippen LogP contribution in [0.25, 0.3) is 0 Å². The number of nitrogens with zero attached hydrogens (tertiary/aromatic N) is 2. The summed E-state index contributed by atoms with van der Waals surface area (Å²) in [4.78, 5) is 11.3. The Bertz CT molecular complexity index is 371. The van der Waals surface area contributed by atoms with Gasteiger partial charge in [-0.25, -0.2) is 4.79 Å². The van der Waals surface area contributed by atoms with Gasteiger partial charge in [-0.1, -0.05) is 0 Å². The number of hydrogen-bond donors (Lipinski definition) is 0. The van der Waals surface area contributed by atoms with E-state index in [1.807, 2.05) is 0 Å². The van der Waals surface area contributed by atoms with Crippen molar-refractivity contribution in [2.45, 2.75) is 26.3 Å². The summed E-state index contributed by atoms with van der Waals surface area (Å²) in [5.41, 5.74) is -0.612. The van der Waals surface area contributed by atoms with E-state index in [1.165, 1.54) is 10.8 Å². The molecular formula is C7H11BF3KN2O. The molecule has 0 aliphatic carbocycles. The first kappa shape index (κ1) is 15.5. The molecule has 15 heavy (non-hydrogen) atoms. The van der Waals surface area contributed by atoms with Crippen LogP contribution in [0.4, 0.5) is 12.9 Å². The average molecular weight is 246 g/mol. The molecule has 8 heteroatoms. The Morgan fingerprint density at radius 3 is 2.20 bits per heavy atom. The van der Waals surface area contributed by atoms with E-state index in [0.717, 1.165) is 6.20 Å². The summed E-state index contributed by atoms with van der Waals surface area (Å²) < 4.78 is 38.0. The Morgan fingerprint density at radius 1 is 1.33 bits per heavy atom. The molecule has 0 saturated heterocycles. The van der Waals surface area contributed by atoms with Crippen LogP contribution in [0.1, 0.15) is 19.9 Å². The van der Waals surface area contributed by atoms with E-state index in [0.29, 0.717) is 4.57 Å². The van der Waals surface area contributed by atoms with Crippen LogP contribution >= 0.6 is 0 Å². The summed E-state index contributed by atoms with van der Waals surface area (Å²) in [6.45, 7) is -1.48. The zero-order valence-corrected chi connectivity index (χ0v) is 12.1. The Kier molecular flexibility index (Phi) is 5.91. The Balaban J connectivity index is 0.00000196. The summed E-state index contributed by atoms with van der Waals surface area (Å²) >= 11 is 0. The quantitative estimate of drug-likeness (QED) is 0.604. The van der Waals surface area contributed by atoms with Gasteiger partial charge in [-0.05, 0) is 20.3 Å². The van der Waals surface area contributed by atoms with Crippen LogP contribution < -0.4 is 57.1 Å². The Labute approximate surface area is 128 Å². The van der Waals surface area contributed by atoms with Crippen LogP contribution in [0.15, 0.2) is 17.2 Å². The first-order chi connectivity index (χ1) is 6.31. The molecule has 0 bridgehead atoms. The molecule has 0 fully saturated rings. The summed E-state index contributed by atoms with van der Waals surface area (Å²) in [5.74, 6) is 0. The first-order valence-electron chi connectivity index (χ1n) is 4.29. The molecule has 1 rings (SSSR count). The largest absolute Gasteiger partial charge is 1.00 e. The molecule has 0 atom stereocenters. The molecule has 80 valence electrons. The molecule has 0 aliphatic rings. The third-order valence-electron chi connectivity index (χ3n) is 1.83. The molecule has 0 amide bonds. The fraction of sp³-hybridized carbons (Fsp3) is 0.571. The molecule has 1 aromatic rings. The fourth-order valence-corrected chi connectivity index (χ4v) is 1.18. The minimum atomic E-state index is -4.96. The van der Waals surface area contributed by atoms with Crippen molar-refractivity contribution in [3.8, 4) is 0 Å². The number of rotatable bonds is 3. The minimum Gasteiger partial charge on any atom is -0.448 e. The van der Waals surface area contributed by atoms with Crippen molar-refractivity contribution in [2.75, 3.05) is 0 Å². The van der Waals surface area contributed by atoms with E-state index in [9.17, 15) is 17.7 Å². The van der Waals surface area contributed by atoms with E-state index >= 15 is 0 Å².